The van der Waals surface area contributed by atoms with Gasteiger partial charge in [0.1, 0.15) is 0 Å². The summed E-state index contributed by atoms with van der Waals surface area (Å²) in [6, 6.07) is 0. The first-order valence-electron chi connectivity index (χ1n) is 2.38. The summed E-state index contributed by atoms with van der Waals surface area (Å²) in [5, 5.41) is 12.5. The van der Waals surface area contributed by atoms with Gasteiger partial charge in [0.15, 0.2) is 10.7 Å². The lowest BCUT2D eigenvalue weighted by Crippen LogP contribution is -2.17. The van der Waals surface area contributed by atoms with Crippen molar-refractivity contribution in [1.29, 1.82) is 0 Å². The quantitative estimate of drug-likeness (QED) is 0.614. The van der Waals surface area contributed by atoms with E-state index in [-0.39, 0.29) is 5.82 Å². The number of nitrogens with zero attached hydrogens (tertiary/aromatic N) is 3. The van der Waals surface area contributed by atoms with Crippen LogP contribution in [0.2, 0.25) is 0 Å². The van der Waals surface area contributed by atoms with E-state index in [1.54, 1.807) is 0 Å². The standard InChI is InChI=1S/C3H4BrN5O/c4-1(2(5)10)3-6-8-9-7-3/h1H,(H2,5,10)(H,6,7,8,9). The molecule has 7 heteroatoms. The van der Waals surface area contributed by atoms with Gasteiger partial charge in [-0.15, -0.1) is 10.2 Å². The summed E-state index contributed by atoms with van der Waals surface area (Å²) in [7, 11) is 0. The van der Waals surface area contributed by atoms with Crippen LogP contribution in [0.5, 0.6) is 0 Å². The number of rotatable bonds is 2. The van der Waals surface area contributed by atoms with Gasteiger partial charge in [-0.05, 0) is 0 Å². The molecule has 0 saturated heterocycles. The highest BCUT2D eigenvalue weighted by Crippen LogP contribution is 2.15. The van der Waals surface area contributed by atoms with Crippen molar-refractivity contribution in [3.8, 4) is 0 Å². The monoisotopic (exact) mass is 205 g/mol. The molecule has 6 nitrogen and oxygen atoms in total. The highest BCUT2D eigenvalue weighted by atomic mass is 79.9. The zero-order chi connectivity index (χ0) is 7.56. The van der Waals surface area contributed by atoms with E-state index in [2.05, 4.69) is 36.6 Å². The minimum atomic E-state index is -0.661. The number of halogens is 1. The van der Waals surface area contributed by atoms with Crippen molar-refractivity contribution in [3.05, 3.63) is 5.82 Å². The minimum absolute atomic E-state index is 0.243. The number of carbonyl (C=O) groups excluding carboxylic acids is 1. The minimum Gasteiger partial charge on any atom is -0.368 e. The summed E-state index contributed by atoms with van der Waals surface area (Å²) in [4.78, 5) is 9.79. The lowest BCUT2D eigenvalue weighted by Gasteiger charge is -1.95. The van der Waals surface area contributed by atoms with Crippen LogP contribution < -0.4 is 5.73 Å². The smallest absolute Gasteiger partial charge is 0.239 e. The molecule has 0 fully saturated rings. The number of carbonyl (C=O) groups is 1. The molecule has 0 saturated carbocycles. The molecule has 1 rings (SSSR count). The predicted molar refractivity (Wildman–Crippen MR) is 35.0 cm³/mol. The molecule has 54 valence electrons. The number of alkyl halides is 1. The van der Waals surface area contributed by atoms with Gasteiger partial charge in [-0.1, -0.05) is 21.1 Å². The second-order valence-corrected chi connectivity index (χ2v) is 2.45. The Morgan fingerprint density at radius 1 is 1.80 bits per heavy atom. The normalized spacial score (nSPS) is 12.9. The van der Waals surface area contributed by atoms with Gasteiger partial charge in [-0.25, -0.2) is 0 Å². The van der Waals surface area contributed by atoms with Crippen molar-refractivity contribution in [3.63, 3.8) is 0 Å². The Bertz CT molecular complexity index is 221. The lowest BCUT2D eigenvalue weighted by atomic mass is 10.4. The Kier molecular flexibility index (Phi) is 1.95. The van der Waals surface area contributed by atoms with Crippen LogP contribution >= 0.6 is 15.9 Å². The number of aromatic nitrogens is 4. The molecule has 0 spiro atoms. The van der Waals surface area contributed by atoms with Crippen molar-refractivity contribution in [2.75, 3.05) is 0 Å². The van der Waals surface area contributed by atoms with Gasteiger partial charge in [-0.3, -0.25) is 4.79 Å². The van der Waals surface area contributed by atoms with E-state index in [1.165, 1.54) is 0 Å². The van der Waals surface area contributed by atoms with Crippen LogP contribution in [-0.4, -0.2) is 26.5 Å². The first kappa shape index (κ1) is 7.13. The van der Waals surface area contributed by atoms with Crippen LogP contribution in [-0.2, 0) is 4.79 Å². The molecule has 0 bridgehead atoms. The first-order valence-corrected chi connectivity index (χ1v) is 3.30. The van der Waals surface area contributed by atoms with Gasteiger partial charge in [0.05, 0.1) is 0 Å². The average molecular weight is 206 g/mol. The van der Waals surface area contributed by atoms with Crippen LogP contribution in [0.4, 0.5) is 0 Å². The van der Waals surface area contributed by atoms with Gasteiger partial charge in [0, 0.05) is 0 Å². The van der Waals surface area contributed by atoms with E-state index in [4.69, 9.17) is 5.73 Å². The molecule has 1 unspecified atom stereocenters. The summed E-state index contributed by atoms with van der Waals surface area (Å²) in [6.07, 6.45) is 0. The molecule has 0 aliphatic carbocycles. The average Bonchev–Trinajstić information content (AvgIpc) is 2.36. The molecule has 0 radical (unpaired) electrons. The van der Waals surface area contributed by atoms with Crippen LogP contribution in [0.25, 0.3) is 0 Å². The number of H-pyrrole nitrogens is 1. The maximum absolute atomic E-state index is 10.5. The summed E-state index contributed by atoms with van der Waals surface area (Å²) in [5.74, 6) is -0.297. The maximum Gasteiger partial charge on any atom is 0.239 e. The lowest BCUT2D eigenvalue weighted by molar-refractivity contribution is -0.117. The number of hydrogen-bond acceptors (Lipinski definition) is 4. The number of aromatic amines is 1. The number of nitrogens with one attached hydrogen (secondary N) is 1. The van der Waals surface area contributed by atoms with Crippen LogP contribution in [0.15, 0.2) is 0 Å². The topological polar surface area (TPSA) is 97.5 Å². The summed E-state index contributed by atoms with van der Waals surface area (Å²) < 4.78 is 0. The second kappa shape index (κ2) is 2.74. The molecule has 0 aromatic carbocycles. The van der Waals surface area contributed by atoms with E-state index < -0.39 is 10.7 Å². The van der Waals surface area contributed by atoms with Crippen LogP contribution in [0.1, 0.15) is 10.7 Å². The maximum atomic E-state index is 10.5. The van der Waals surface area contributed by atoms with Crippen molar-refractivity contribution in [2.24, 2.45) is 5.73 Å². The largest absolute Gasteiger partial charge is 0.368 e. The summed E-state index contributed by atoms with van der Waals surface area (Å²) >= 11 is 2.97. The molecular formula is C3H4BrN5O. The zero-order valence-corrected chi connectivity index (χ0v) is 6.37. The van der Waals surface area contributed by atoms with Gasteiger partial charge in [-0.2, -0.15) is 5.21 Å². The van der Waals surface area contributed by atoms with Gasteiger partial charge in [0.25, 0.3) is 0 Å². The molecule has 1 atom stereocenters. The molecule has 1 aromatic rings. The van der Waals surface area contributed by atoms with Gasteiger partial charge in [0.2, 0.25) is 5.91 Å². The third-order valence-corrected chi connectivity index (χ3v) is 1.70. The van der Waals surface area contributed by atoms with E-state index >= 15 is 0 Å². The number of hydrogen-bond donors (Lipinski definition) is 2. The van der Waals surface area contributed by atoms with Crippen LogP contribution in [0.3, 0.4) is 0 Å². The fraction of sp³-hybridized carbons (Fsp3) is 0.333. The second-order valence-electron chi connectivity index (χ2n) is 1.53. The van der Waals surface area contributed by atoms with E-state index in [0.29, 0.717) is 0 Å². The SMILES string of the molecule is NC(=O)C(Br)c1nn[nH]n1. The van der Waals surface area contributed by atoms with Crippen LogP contribution in [0, 0.1) is 0 Å². The third kappa shape index (κ3) is 1.29. The van der Waals surface area contributed by atoms with E-state index in [1.807, 2.05) is 0 Å². The zero-order valence-electron chi connectivity index (χ0n) is 4.78. The molecular weight excluding hydrogens is 202 g/mol. The number of amides is 1. The van der Waals surface area contributed by atoms with Crippen molar-refractivity contribution < 1.29 is 4.79 Å². The molecule has 3 N–H and O–H groups in total. The Morgan fingerprint density at radius 3 is 2.90 bits per heavy atom. The first-order chi connectivity index (χ1) is 4.72. The van der Waals surface area contributed by atoms with Crippen molar-refractivity contribution in [2.45, 2.75) is 4.83 Å². The Morgan fingerprint density at radius 2 is 2.50 bits per heavy atom. The number of tetrazole rings is 1. The number of nitrogens with two attached hydrogens (primary N) is 1. The van der Waals surface area contributed by atoms with Gasteiger partial charge < -0.3 is 5.73 Å². The van der Waals surface area contributed by atoms with E-state index in [0.717, 1.165) is 0 Å². The highest BCUT2D eigenvalue weighted by molar-refractivity contribution is 9.09. The summed E-state index contributed by atoms with van der Waals surface area (Å²) in [5.41, 5.74) is 4.92. The van der Waals surface area contributed by atoms with Gasteiger partial charge >= 0.3 is 0 Å². The predicted octanol–water partition coefficient (Wildman–Crippen LogP) is -0.879. The van der Waals surface area contributed by atoms with Crippen molar-refractivity contribution in [1.82, 2.24) is 20.6 Å². The molecule has 1 heterocycles. The molecule has 1 amide bonds. The number of primary amides is 1. The fourth-order valence-corrected chi connectivity index (χ4v) is 0.598. The molecule has 0 aliphatic heterocycles. The molecule has 10 heavy (non-hydrogen) atoms. The Labute approximate surface area is 64.3 Å². The van der Waals surface area contributed by atoms with E-state index in [9.17, 15) is 4.79 Å². The Balaban J connectivity index is 2.77. The Hall–Kier alpha value is -0.980. The van der Waals surface area contributed by atoms with Crippen molar-refractivity contribution >= 4 is 21.8 Å². The third-order valence-electron chi connectivity index (χ3n) is 0.838. The highest BCUT2D eigenvalue weighted by Gasteiger charge is 2.17. The summed E-state index contributed by atoms with van der Waals surface area (Å²) in [6.45, 7) is 0. The molecule has 0 aliphatic rings. The fourth-order valence-electron chi connectivity index (χ4n) is 0.404. The molecule has 1 aromatic heterocycles.